The Morgan fingerprint density at radius 2 is 2.00 bits per heavy atom. The van der Waals surface area contributed by atoms with Gasteiger partial charge in [-0.1, -0.05) is 13.8 Å². The minimum atomic E-state index is -0.233. The number of Topliss-reactive ketones (excluding diaryl/α,β-unsaturated/α-hetero) is 1. The van der Waals surface area contributed by atoms with E-state index < -0.39 is 0 Å². The molecule has 0 amide bonds. The highest BCUT2D eigenvalue weighted by Gasteiger charge is 2.66. The molecule has 0 aromatic rings. The first-order chi connectivity index (χ1) is 8.94. The lowest BCUT2D eigenvalue weighted by Gasteiger charge is -2.59. The summed E-state index contributed by atoms with van der Waals surface area (Å²) in [5, 5.41) is 0. The lowest BCUT2D eigenvalue weighted by atomic mass is 9.50. The third-order valence-electron chi connectivity index (χ3n) is 5.45. The number of carbonyl (C=O) groups excluding carboxylic acids is 2. The molecule has 5 heteroatoms. The van der Waals surface area contributed by atoms with E-state index in [2.05, 4.69) is 6.92 Å². The van der Waals surface area contributed by atoms with E-state index in [-0.39, 0.29) is 33.2 Å². The monoisotopic (exact) mass is 300 g/mol. The minimum Gasteiger partial charge on any atom is -0.469 e. The van der Waals surface area contributed by atoms with Gasteiger partial charge in [-0.15, -0.1) is 23.5 Å². The molecular formula is C14H20O3S2. The van der Waals surface area contributed by atoms with Gasteiger partial charge in [0.15, 0.2) is 0 Å². The van der Waals surface area contributed by atoms with Crippen molar-refractivity contribution in [3.63, 3.8) is 0 Å². The van der Waals surface area contributed by atoms with Crippen LogP contribution in [0, 0.1) is 23.2 Å². The van der Waals surface area contributed by atoms with Gasteiger partial charge >= 0.3 is 5.97 Å². The average Bonchev–Trinajstić information content (AvgIpc) is 2.83. The van der Waals surface area contributed by atoms with Crippen molar-refractivity contribution in [2.24, 2.45) is 23.2 Å². The van der Waals surface area contributed by atoms with Crippen LogP contribution >= 0.6 is 23.5 Å². The van der Waals surface area contributed by atoms with Crippen LogP contribution in [0.5, 0.6) is 0 Å². The molecule has 3 nitrogen and oxygen atoms in total. The summed E-state index contributed by atoms with van der Waals surface area (Å²) in [6, 6.07) is 0. The molecule has 4 fully saturated rings. The molecule has 4 rings (SSSR count). The highest BCUT2D eigenvalue weighted by Crippen LogP contribution is 2.68. The normalized spacial score (nSPS) is 43.7. The van der Waals surface area contributed by atoms with Crippen molar-refractivity contribution in [3.8, 4) is 0 Å². The summed E-state index contributed by atoms with van der Waals surface area (Å²) < 4.78 is 5.02. The van der Waals surface area contributed by atoms with Crippen LogP contribution in [0.4, 0.5) is 0 Å². The van der Waals surface area contributed by atoms with Gasteiger partial charge in [-0.3, -0.25) is 9.59 Å². The van der Waals surface area contributed by atoms with Crippen LogP contribution in [-0.4, -0.2) is 34.4 Å². The Balaban J connectivity index is 2.00. The highest BCUT2D eigenvalue weighted by molar-refractivity contribution is 8.21. The van der Waals surface area contributed by atoms with Crippen molar-refractivity contribution >= 4 is 35.3 Å². The first kappa shape index (κ1) is 13.8. The maximum Gasteiger partial charge on any atom is 0.309 e. The summed E-state index contributed by atoms with van der Waals surface area (Å²) in [5.74, 6) is 2.39. The van der Waals surface area contributed by atoms with Crippen LogP contribution in [-0.2, 0) is 14.3 Å². The Morgan fingerprint density at radius 1 is 1.37 bits per heavy atom. The highest BCUT2D eigenvalue weighted by atomic mass is 32.2. The van der Waals surface area contributed by atoms with Gasteiger partial charge in [0, 0.05) is 23.3 Å². The third kappa shape index (κ3) is 1.73. The number of ketones is 1. The Hall–Kier alpha value is -0.160. The van der Waals surface area contributed by atoms with Gasteiger partial charge in [-0.05, 0) is 18.3 Å². The second-order valence-electron chi connectivity index (χ2n) is 6.18. The van der Waals surface area contributed by atoms with Crippen LogP contribution in [0.25, 0.3) is 0 Å². The van der Waals surface area contributed by atoms with Crippen molar-refractivity contribution in [3.05, 3.63) is 0 Å². The SMILES string of the molecule is COC(=O)[C@@H]1C[C@@H]2C(=O)[C@@H](C)[C@@]1(C)CC21SCCS1. The topological polar surface area (TPSA) is 43.4 Å². The van der Waals surface area contributed by atoms with Crippen LogP contribution in [0.2, 0.25) is 0 Å². The maximum atomic E-state index is 12.6. The second kappa shape index (κ2) is 4.42. The zero-order valence-electron chi connectivity index (χ0n) is 11.6. The van der Waals surface area contributed by atoms with E-state index in [1.165, 1.54) is 7.11 Å². The standard InChI is InChI=1S/C14H20O3S2/c1-8-11(15)9-6-10(12(16)17-3)13(8,2)7-14(9)18-4-5-19-14/h8-10H,4-7H2,1-3H3/t8-,9-,10+,13-/m1/s1. The van der Waals surface area contributed by atoms with Crippen molar-refractivity contribution in [2.75, 3.05) is 18.6 Å². The van der Waals surface area contributed by atoms with Gasteiger partial charge in [-0.2, -0.15) is 0 Å². The Morgan fingerprint density at radius 3 is 2.58 bits per heavy atom. The predicted octanol–water partition coefficient (Wildman–Crippen LogP) is 2.59. The Kier molecular flexibility index (Phi) is 3.21. The van der Waals surface area contributed by atoms with E-state index in [0.29, 0.717) is 12.2 Å². The maximum absolute atomic E-state index is 12.6. The van der Waals surface area contributed by atoms with Crippen molar-refractivity contribution < 1.29 is 14.3 Å². The molecule has 1 heterocycles. The number of esters is 1. The summed E-state index contributed by atoms with van der Waals surface area (Å²) in [4.78, 5) is 24.7. The molecule has 3 saturated carbocycles. The third-order valence-corrected chi connectivity index (χ3v) is 9.06. The number of rotatable bonds is 1. The van der Waals surface area contributed by atoms with Gasteiger partial charge in [0.05, 0.1) is 17.1 Å². The molecule has 0 aromatic carbocycles. The van der Waals surface area contributed by atoms with Crippen molar-refractivity contribution in [2.45, 2.75) is 30.8 Å². The fourth-order valence-electron chi connectivity index (χ4n) is 4.16. The molecule has 0 aromatic heterocycles. The molecule has 4 aliphatic rings. The van der Waals surface area contributed by atoms with Crippen LogP contribution < -0.4 is 0 Å². The molecule has 3 aliphatic carbocycles. The summed E-state index contributed by atoms with van der Waals surface area (Å²) in [5.41, 5.74) is -0.233. The first-order valence-corrected chi connectivity index (χ1v) is 8.81. The van der Waals surface area contributed by atoms with E-state index in [4.69, 9.17) is 4.74 Å². The number of hydrogen-bond donors (Lipinski definition) is 0. The Labute approximate surface area is 122 Å². The van der Waals surface area contributed by atoms with E-state index in [9.17, 15) is 9.59 Å². The summed E-state index contributed by atoms with van der Waals surface area (Å²) >= 11 is 3.89. The summed E-state index contributed by atoms with van der Waals surface area (Å²) in [6.45, 7) is 4.12. The van der Waals surface area contributed by atoms with Crippen LogP contribution in [0.3, 0.4) is 0 Å². The lowest BCUT2D eigenvalue weighted by Crippen LogP contribution is -2.62. The van der Waals surface area contributed by atoms with E-state index >= 15 is 0 Å². The quantitative estimate of drug-likeness (QED) is 0.696. The van der Waals surface area contributed by atoms with E-state index in [1.807, 2.05) is 30.4 Å². The molecule has 0 N–H and O–H groups in total. The van der Waals surface area contributed by atoms with Gasteiger partial charge in [0.2, 0.25) is 0 Å². The number of carbonyl (C=O) groups is 2. The molecule has 1 aliphatic heterocycles. The smallest absolute Gasteiger partial charge is 0.309 e. The number of thioether (sulfide) groups is 2. The summed E-state index contributed by atoms with van der Waals surface area (Å²) in [7, 11) is 1.45. The second-order valence-corrected chi connectivity index (χ2v) is 9.29. The summed E-state index contributed by atoms with van der Waals surface area (Å²) in [6.07, 6.45) is 1.65. The molecular weight excluding hydrogens is 280 g/mol. The number of hydrogen-bond acceptors (Lipinski definition) is 5. The molecule has 4 atom stereocenters. The largest absolute Gasteiger partial charge is 0.469 e. The molecule has 106 valence electrons. The lowest BCUT2D eigenvalue weighted by molar-refractivity contribution is -0.166. The van der Waals surface area contributed by atoms with Crippen LogP contribution in [0.15, 0.2) is 0 Å². The zero-order chi connectivity index (χ0) is 13.8. The number of ether oxygens (including phenoxy) is 1. The van der Waals surface area contributed by atoms with Crippen molar-refractivity contribution in [1.82, 2.24) is 0 Å². The van der Waals surface area contributed by atoms with Crippen molar-refractivity contribution in [1.29, 1.82) is 0 Å². The molecule has 0 unspecified atom stereocenters. The molecule has 19 heavy (non-hydrogen) atoms. The fourth-order valence-corrected chi connectivity index (χ4v) is 8.00. The van der Waals surface area contributed by atoms with E-state index in [0.717, 1.165) is 17.9 Å². The number of fused-ring (bicyclic) bond motifs is 2. The van der Waals surface area contributed by atoms with Gasteiger partial charge in [-0.25, -0.2) is 0 Å². The van der Waals surface area contributed by atoms with Gasteiger partial charge < -0.3 is 4.74 Å². The molecule has 0 radical (unpaired) electrons. The van der Waals surface area contributed by atoms with Gasteiger partial charge in [0.1, 0.15) is 5.78 Å². The van der Waals surface area contributed by atoms with E-state index in [1.54, 1.807) is 0 Å². The van der Waals surface area contributed by atoms with Crippen LogP contribution in [0.1, 0.15) is 26.7 Å². The predicted molar refractivity (Wildman–Crippen MR) is 78.2 cm³/mol. The first-order valence-electron chi connectivity index (χ1n) is 6.84. The molecule has 1 saturated heterocycles. The minimum absolute atomic E-state index is 0.0252. The molecule has 1 spiro atoms. The van der Waals surface area contributed by atoms with Gasteiger partial charge in [0.25, 0.3) is 0 Å². The fraction of sp³-hybridized carbons (Fsp3) is 0.857. The molecule has 2 bridgehead atoms. The Bertz CT molecular complexity index is 430. The average molecular weight is 300 g/mol. The number of methoxy groups -OCH3 is 1. The zero-order valence-corrected chi connectivity index (χ0v) is 13.2.